The summed E-state index contributed by atoms with van der Waals surface area (Å²) < 4.78 is 45.3. The Balaban J connectivity index is 1.66. The monoisotopic (exact) mass is 441 g/mol. The maximum atomic E-state index is 13.0. The van der Waals surface area contributed by atoms with Crippen molar-refractivity contribution in [2.45, 2.75) is 31.6 Å². The Bertz CT molecular complexity index is 892. The van der Waals surface area contributed by atoms with Gasteiger partial charge in [0.2, 0.25) is 0 Å². The third-order valence-electron chi connectivity index (χ3n) is 5.52. The minimum Gasteiger partial charge on any atom is -0.381 e. The number of carbonyl (C=O) groups excluding carboxylic acids is 1. The van der Waals surface area contributed by atoms with E-state index < -0.39 is 22.7 Å². The van der Waals surface area contributed by atoms with Crippen LogP contribution in [0.1, 0.15) is 34.3 Å². The molecule has 1 amide bonds. The van der Waals surface area contributed by atoms with Crippen LogP contribution in [0.4, 0.5) is 18.9 Å². The van der Waals surface area contributed by atoms with Crippen LogP contribution in [-0.4, -0.2) is 43.7 Å². The van der Waals surface area contributed by atoms with Crippen molar-refractivity contribution in [2.24, 2.45) is 0 Å². The largest absolute Gasteiger partial charge is 0.417 e. The van der Waals surface area contributed by atoms with Crippen LogP contribution < -0.4 is 5.32 Å². The minimum atomic E-state index is -4.62. The van der Waals surface area contributed by atoms with E-state index in [1.807, 2.05) is 12.1 Å². The summed E-state index contributed by atoms with van der Waals surface area (Å²) >= 11 is 5.61. The zero-order valence-electron chi connectivity index (χ0n) is 16.9. The quantitative estimate of drug-likeness (QED) is 0.634. The fourth-order valence-electron chi connectivity index (χ4n) is 3.76. The highest BCUT2D eigenvalue weighted by atomic mass is 35.5. The van der Waals surface area contributed by atoms with E-state index in [4.69, 9.17) is 16.3 Å². The first-order chi connectivity index (χ1) is 14.1. The molecule has 1 aliphatic rings. The molecular formula is C22H25ClF3N2O2+. The van der Waals surface area contributed by atoms with Gasteiger partial charge in [-0.1, -0.05) is 23.7 Å². The lowest BCUT2D eigenvalue weighted by Gasteiger charge is -2.40. The van der Waals surface area contributed by atoms with Crippen LogP contribution in [0.3, 0.4) is 0 Å². The van der Waals surface area contributed by atoms with Gasteiger partial charge >= 0.3 is 6.18 Å². The molecule has 1 saturated heterocycles. The standard InChI is InChI=1S/C22H24ClF3N2O2/c1-28(2,18-9-11-30-12-10-18)14-15-3-6-17(7-4-15)27-21(29)16-5-8-20(23)19(13-16)22(24,25)26/h3-8,13,18H,9-12,14H2,1-2H3/p+1. The van der Waals surface area contributed by atoms with Crippen molar-refractivity contribution in [3.8, 4) is 0 Å². The van der Waals surface area contributed by atoms with Gasteiger partial charge < -0.3 is 14.5 Å². The molecule has 0 bridgehead atoms. The predicted molar refractivity (Wildman–Crippen MR) is 111 cm³/mol. The molecule has 0 saturated carbocycles. The Labute approximate surface area is 179 Å². The number of hydrogen-bond acceptors (Lipinski definition) is 2. The molecule has 0 radical (unpaired) electrons. The molecule has 0 atom stereocenters. The normalized spacial score (nSPS) is 15.8. The Hall–Kier alpha value is -2.09. The molecule has 4 nitrogen and oxygen atoms in total. The van der Waals surface area contributed by atoms with Crippen LogP contribution in [0.2, 0.25) is 5.02 Å². The summed E-state index contributed by atoms with van der Waals surface area (Å²) in [6, 6.07) is 11.0. The molecule has 2 aromatic rings. The number of nitrogens with one attached hydrogen (secondary N) is 1. The number of rotatable bonds is 5. The number of halogens is 4. The number of amides is 1. The highest BCUT2D eigenvalue weighted by molar-refractivity contribution is 6.31. The maximum Gasteiger partial charge on any atom is 0.417 e. The lowest BCUT2D eigenvalue weighted by molar-refractivity contribution is -0.929. The Morgan fingerprint density at radius 2 is 1.77 bits per heavy atom. The predicted octanol–water partition coefficient (Wildman–Crippen LogP) is 5.37. The van der Waals surface area contributed by atoms with Crippen LogP contribution >= 0.6 is 11.6 Å². The van der Waals surface area contributed by atoms with E-state index in [1.54, 1.807) is 12.1 Å². The second-order valence-corrected chi connectivity index (χ2v) is 8.53. The van der Waals surface area contributed by atoms with Crippen molar-refractivity contribution in [1.29, 1.82) is 0 Å². The molecule has 3 rings (SSSR count). The molecule has 0 unspecified atom stereocenters. The fraction of sp³-hybridized carbons (Fsp3) is 0.409. The average Bonchev–Trinajstić information content (AvgIpc) is 2.69. The summed E-state index contributed by atoms with van der Waals surface area (Å²) in [7, 11) is 4.40. The minimum absolute atomic E-state index is 0.104. The van der Waals surface area contributed by atoms with Crippen molar-refractivity contribution in [2.75, 3.05) is 32.6 Å². The summed E-state index contributed by atoms with van der Waals surface area (Å²) in [5, 5.41) is 2.20. The SMILES string of the molecule is C[N+](C)(Cc1ccc(NC(=O)c2ccc(Cl)c(C(F)(F)F)c2)cc1)C1CCOCC1. The molecule has 1 fully saturated rings. The van der Waals surface area contributed by atoms with Gasteiger partial charge in [0, 0.05) is 29.7 Å². The average molecular weight is 442 g/mol. The molecule has 0 aliphatic carbocycles. The fourth-order valence-corrected chi connectivity index (χ4v) is 3.99. The molecular weight excluding hydrogens is 417 g/mol. The zero-order valence-corrected chi connectivity index (χ0v) is 17.7. The van der Waals surface area contributed by atoms with Gasteiger partial charge in [0.15, 0.2) is 0 Å². The van der Waals surface area contributed by atoms with Gasteiger partial charge in [-0.3, -0.25) is 4.79 Å². The summed E-state index contributed by atoms with van der Waals surface area (Å²) in [5.74, 6) is -0.622. The van der Waals surface area contributed by atoms with Crippen LogP contribution in [0.15, 0.2) is 42.5 Å². The Morgan fingerprint density at radius 3 is 2.37 bits per heavy atom. The van der Waals surface area contributed by atoms with Crippen LogP contribution in [0, 0.1) is 0 Å². The van der Waals surface area contributed by atoms with Gasteiger partial charge in [0.1, 0.15) is 6.54 Å². The topological polar surface area (TPSA) is 38.3 Å². The number of nitrogens with zero attached hydrogens (tertiary/aromatic N) is 1. The van der Waals surface area contributed by atoms with E-state index in [-0.39, 0.29) is 5.56 Å². The van der Waals surface area contributed by atoms with E-state index >= 15 is 0 Å². The van der Waals surface area contributed by atoms with Crippen molar-refractivity contribution in [3.63, 3.8) is 0 Å². The summed E-state index contributed by atoms with van der Waals surface area (Å²) in [4.78, 5) is 12.4. The van der Waals surface area contributed by atoms with Crippen molar-refractivity contribution in [1.82, 2.24) is 0 Å². The van der Waals surface area contributed by atoms with E-state index in [2.05, 4.69) is 19.4 Å². The highest BCUT2D eigenvalue weighted by Gasteiger charge is 2.34. The molecule has 0 aromatic heterocycles. The van der Waals surface area contributed by atoms with Gasteiger partial charge in [-0.15, -0.1) is 0 Å². The summed E-state index contributed by atoms with van der Waals surface area (Å²) in [6.45, 7) is 2.42. The van der Waals surface area contributed by atoms with Gasteiger partial charge in [-0.2, -0.15) is 13.2 Å². The molecule has 30 heavy (non-hydrogen) atoms. The smallest absolute Gasteiger partial charge is 0.381 e. The van der Waals surface area contributed by atoms with Gasteiger partial charge in [0.05, 0.1) is 43.9 Å². The van der Waals surface area contributed by atoms with Crippen LogP contribution in [0.25, 0.3) is 0 Å². The molecule has 2 aromatic carbocycles. The lowest BCUT2D eigenvalue weighted by Crippen LogP contribution is -2.50. The number of alkyl halides is 3. The summed E-state index contributed by atoms with van der Waals surface area (Å²) in [6.07, 6.45) is -2.56. The number of quaternary nitrogens is 1. The third-order valence-corrected chi connectivity index (χ3v) is 5.84. The van der Waals surface area contributed by atoms with Crippen molar-refractivity contribution >= 4 is 23.2 Å². The second kappa shape index (κ2) is 8.96. The van der Waals surface area contributed by atoms with Gasteiger partial charge in [-0.25, -0.2) is 0 Å². The molecule has 162 valence electrons. The van der Waals surface area contributed by atoms with E-state index in [9.17, 15) is 18.0 Å². The lowest BCUT2D eigenvalue weighted by atomic mass is 10.0. The first-order valence-corrected chi connectivity index (χ1v) is 10.1. The second-order valence-electron chi connectivity index (χ2n) is 8.12. The highest BCUT2D eigenvalue weighted by Crippen LogP contribution is 2.35. The van der Waals surface area contributed by atoms with Crippen LogP contribution in [-0.2, 0) is 17.5 Å². The molecule has 8 heteroatoms. The molecule has 0 spiro atoms. The number of carbonyl (C=O) groups is 1. The summed E-state index contributed by atoms with van der Waals surface area (Å²) in [5.41, 5.74) is 0.507. The van der Waals surface area contributed by atoms with E-state index in [0.29, 0.717) is 11.7 Å². The van der Waals surface area contributed by atoms with E-state index in [1.165, 1.54) is 6.07 Å². The molecule has 1 aliphatic heterocycles. The number of anilines is 1. The first kappa shape index (κ1) is 22.6. The van der Waals surface area contributed by atoms with Crippen molar-refractivity contribution < 1.29 is 27.2 Å². The maximum absolute atomic E-state index is 13.0. The van der Waals surface area contributed by atoms with Crippen LogP contribution in [0.5, 0.6) is 0 Å². The molecule has 1 heterocycles. The Kier molecular flexibility index (Phi) is 6.75. The zero-order chi connectivity index (χ0) is 21.9. The number of benzene rings is 2. The first-order valence-electron chi connectivity index (χ1n) is 9.74. The van der Waals surface area contributed by atoms with Gasteiger partial charge in [-0.05, 0) is 30.3 Å². The van der Waals surface area contributed by atoms with Gasteiger partial charge in [0.25, 0.3) is 5.91 Å². The third kappa shape index (κ3) is 5.53. The molecule has 1 N–H and O–H groups in total. The number of ether oxygens (including phenoxy) is 1. The number of hydrogen-bond donors (Lipinski definition) is 1. The Morgan fingerprint density at radius 1 is 1.13 bits per heavy atom. The van der Waals surface area contributed by atoms with Crippen molar-refractivity contribution in [3.05, 3.63) is 64.2 Å². The van der Waals surface area contributed by atoms with E-state index in [0.717, 1.165) is 54.8 Å².